The van der Waals surface area contributed by atoms with Crippen LogP contribution >= 0.6 is 11.6 Å². The van der Waals surface area contributed by atoms with Crippen LogP contribution in [-0.2, 0) is 29.6 Å². The standard InChI is InChI=1S/C20H19ClFN3O3S/c1-24(12-14-6-8-15(21)9-7-14)13-18-16-10-11-29(26,27)28-20(16)25(23-18)19-5-3-2-4-17(19)22/h2-9H,10-13H2,1H3. The zero-order chi connectivity index (χ0) is 20.6. The summed E-state index contributed by atoms with van der Waals surface area (Å²) < 4.78 is 44.8. The second-order valence-electron chi connectivity index (χ2n) is 6.99. The van der Waals surface area contributed by atoms with Crippen LogP contribution in [0.3, 0.4) is 0 Å². The zero-order valence-corrected chi connectivity index (χ0v) is 17.3. The van der Waals surface area contributed by atoms with Crippen molar-refractivity contribution < 1.29 is 17.0 Å². The molecule has 0 saturated heterocycles. The van der Waals surface area contributed by atoms with Crippen LogP contribution in [0.15, 0.2) is 48.5 Å². The van der Waals surface area contributed by atoms with Crippen LogP contribution < -0.4 is 4.18 Å². The Labute approximate surface area is 173 Å². The molecule has 0 atom stereocenters. The molecule has 3 aromatic rings. The molecule has 0 fully saturated rings. The van der Waals surface area contributed by atoms with Crippen molar-refractivity contribution in [1.82, 2.24) is 14.7 Å². The third kappa shape index (κ3) is 4.29. The van der Waals surface area contributed by atoms with Crippen LogP contribution in [-0.4, -0.2) is 35.9 Å². The van der Waals surface area contributed by atoms with Crippen LogP contribution in [0.2, 0.25) is 5.02 Å². The maximum Gasteiger partial charge on any atom is 0.311 e. The molecule has 6 nitrogen and oxygen atoms in total. The van der Waals surface area contributed by atoms with E-state index < -0.39 is 15.9 Å². The lowest BCUT2D eigenvalue weighted by Gasteiger charge is -2.18. The molecule has 1 aliphatic rings. The number of nitrogens with zero attached hydrogens (tertiary/aromatic N) is 3. The number of aromatic nitrogens is 2. The van der Waals surface area contributed by atoms with E-state index in [0.29, 0.717) is 29.4 Å². The van der Waals surface area contributed by atoms with Crippen molar-refractivity contribution in [3.8, 4) is 11.6 Å². The van der Waals surface area contributed by atoms with Gasteiger partial charge in [0.2, 0.25) is 5.88 Å². The third-order valence-electron chi connectivity index (χ3n) is 4.69. The first kappa shape index (κ1) is 19.9. The fraction of sp³-hybridized carbons (Fsp3) is 0.250. The molecule has 0 amide bonds. The molecule has 9 heteroatoms. The summed E-state index contributed by atoms with van der Waals surface area (Å²) >= 11 is 5.93. The lowest BCUT2D eigenvalue weighted by atomic mass is 10.1. The zero-order valence-electron chi connectivity index (χ0n) is 15.7. The Hall–Kier alpha value is -2.42. The molecule has 0 N–H and O–H groups in total. The second kappa shape index (κ2) is 7.78. The van der Waals surface area contributed by atoms with E-state index in [9.17, 15) is 12.8 Å². The van der Waals surface area contributed by atoms with Gasteiger partial charge in [-0.1, -0.05) is 35.9 Å². The number of halogens is 2. The second-order valence-corrected chi connectivity index (χ2v) is 9.11. The summed E-state index contributed by atoms with van der Waals surface area (Å²) in [6.45, 7) is 1.10. The van der Waals surface area contributed by atoms with Gasteiger partial charge >= 0.3 is 10.1 Å². The number of para-hydroxylation sites is 1. The van der Waals surface area contributed by atoms with E-state index in [2.05, 4.69) is 5.10 Å². The van der Waals surface area contributed by atoms with Gasteiger partial charge in [0.25, 0.3) is 0 Å². The Morgan fingerprint density at radius 2 is 1.90 bits per heavy atom. The molecule has 4 rings (SSSR count). The maximum absolute atomic E-state index is 14.3. The topological polar surface area (TPSA) is 64.4 Å². The summed E-state index contributed by atoms with van der Waals surface area (Å²) in [6.07, 6.45) is 0.274. The predicted molar refractivity (Wildman–Crippen MR) is 108 cm³/mol. The van der Waals surface area contributed by atoms with Crippen molar-refractivity contribution in [3.63, 3.8) is 0 Å². The molecule has 2 aromatic carbocycles. The van der Waals surface area contributed by atoms with E-state index in [-0.39, 0.29) is 23.7 Å². The monoisotopic (exact) mass is 435 g/mol. The minimum Gasteiger partial charge on any atom is -0.361 e. The number of hydrogen-bond donors (Lipinski definition) is 0. The van der Waals surface area contributed by atoms with E-state index in [1.54, 1.807) is 12.1 Å². The van der Waals surface area contributed by atoms with E-state index in [1.165, 1.54) is 16.8 Å². The van der Waals surface area contributed by atoms with Gasteiger partial charge in [-0.2, -0.15) is 18.2 Å². The molecule has 2 heterocycles. The first-order valence-electron chi connectivity index (χ1n) is 9.03. The maximum atomic E-state index is 14.3. The SMILES string of the molecule is CN(Cc1ccc(Cl)cc1)Cc1nn(-c2ccccc2F)c2c1CCS(=O)(=O)O2. The molecule has 0 bridgehead atoms. The van der Waals surface area contributed by atoms with Gasteiger partial charge in [0.15, 0.2) is 0 Å². The molecular weight excluding hydrogens is 417 g/mol. The van der Waals surface area contributed by atoms with Crippen LogP contribution in [0.4, 0.5) is 4.39 Å². The quantitative estimate of drug-likeness (QED) is 0.573. The first-order chi connectivity index (χ1) is 13.8. The minimum atomic E-state index is -3.72. The van der Waals surface area contributed by atoms with E-state index in [0.717, 1.165) is 5.56 Å². The highest BCUT2D eigenvalue weighted by Crippen LogP contribution is 2.33. The third-order valence-corrected chi connectivity index (χ3v) is 6.06. The van der Waals surface area contributed by atoms with E-state index in [1.807, 2.05) is 36.2 Å². The van der Waals surface area contributed by atoms with Crippen LogP contribution in [0.5, 0.6) is 5.88 Å². The molecule has 29 heavy (non-hydrogen) atoms. The van der Waals surface area contributed by atoms with Gasteiger partial charge in [-0.3, -0.25) is 4.90 Å². The van der Waals surface area contributed by atoms with Gasteiger partial charge in [-0.25, -0.2) is 4.39 Å². The number of fused-ring (bicyclic) bond motifs is 1. The normalized spacial score (nSPS) is 15.2. The van der Waals surface area contributed by atoms with Gasteiger partial charge in [0.1, 0.15) is 11.5 Å². The largest absolute Gasteiger partial charge is 0.361 e. The summed E-state index contributed by atoms with van der Waals surface area (Å²) in [5.41, 5.74) is 2.58. The number of rotatable bonds is 5. The average molecular weight is 436 g/mol. The first-order valence-corrected chi connectivity index (χ1v) is 11.0. The van der Waals surface area contributed by atoms with Crippen molar-refractivity contribution in [1.29, 1.82) is 0 Å². The lowest BCUT2D eigenvalue weighted by Crippen LogP contribution is -2.23. The van der Waals surface area contributed by atoms with E-state index >= 15 is 0 Å². The van der Waals surface area contributed by atoms with Crippen molar-refractivity contribution >= 4 is 21.7 Å². The predicted octanol–water partition coefficient (Wildman–Crippen LogP) is 3.56. The fourth-order valence-electron chi connectivity index (χ4n) is 3.33. The number of benzene rings is 2. The van der Waals surface area contributed by atoms with Crippen molar-refractivity contribution in [2.75, 3.05) is 12.8 Å². The number of hydrogen-bond acceptors (Lipinski definition) is 5. The Bertz CT molecular complexity index is 1150. The molecule has 0 radical (unpaired) electrons. The summed E-state index contributed by atoms with van der Waals surface area (Å²) in [5.74, 6) is -0.571. The molecule has 0 saturated carbocycles. The van der Waals surface area contributed by atoms with Crippen molar-refractivity contribution in [2.45, 2.75) is 19.5 Å². The summed E-state index contributed by atoms with van der Waals surface area (Å²) in [5, 5.41) is 5.18. The highest BCUT2D eigenvalue weighted by Gasteiger charge is 2.31. The van der Waals surface area contributed by atoms with Gasteiger partial charge in [0.05, 0.1) is 11.4 Å². The summed E-state index contributed by atoms with van der Waals surface area (Å²) in [7, 11) is -1.78. The summed E-state index contributed by atoms with van der Waals surface area (Å²) in [6, 6.07) is 13.6. The lowest BCUT2D eigenvalue weighted by molar-refractivity contribution is 0.313. The highest BCUT2D eigenvalue weighted by molar-refractivity contribution is 7.87. The molecule has 0 aliphatic carbocycles. The minimum absolute atomic E-state index is 0.0660. The van der Waals surface area contributed by atoms with Gasteiger partial charge in [0, 0.05) is 23.7 Å². The fourth-order valence-corrected chi connectivity index (χ4v) is 4.41. The molecule has 1 aromatic heterocycles. The smallest absolute Gasteiger partial charge is 0.311 e. The van der Waals surface area contributed by atoms with Crippen LogP contribution in [0.25, 0.3) is 5.69 Å². The Morgan fingerprint density at radius 3 is 2.62 bits per heavy atom. The molecule has 152 valence electrons. The highest BCUT2D eigenvalue weighted by atomic mass is 35.5. The van der Waals surface area contributed by atoms with E-state index in [4.69, 9.17) is 15.8 Å². The Balaban J connectivity index is 1.67. The van der Waals surface area contributed by atoms with Crippen LogP contribution in [0.1, 0.15) is 16.8 Å². The average Bonchev–Trinajstić information content (AvgIpc) is 3.00. The van der Waals surface area contributed by atoms with Gasteiger partial charge < -0.3 is 4.18 Å². The van der Waals surface area contributed by atoms with Gasteiger partial charge in [-0.05, 0) is 43.3 Å². The van der Waals surface area contributed by atoms with Crippen LogP contribution in [0, 0.1) is 5.82 Å². The molecule has 0 spiro atoms. The molecule has 0 unspecified atom stereocenters. The summed E-state index contributed by atoms with van der Waals surface area (Å²) in [4.78, 5) is 2.04. The Kier molecular flexibility index (Phi) is 5.33. The van der Waals surface area contributed by atoms with Crippen molar-refractivity contribution in [2.24, 2.45) is 0 Å². The molecular formula is C20H19ClFN3O3S. The van der Waals surface area contributed by atoms with Crippen molar-refractivity contribution in [3.05, 3.63) is 76.2 Å². The molecule has 1 aliphatic heterocycles. The Morgan fingerprint density at radius 1 is 1.17 bits per heavy atom. The van der Waals surface area contributed by atoms with Gasteiger partial charge in [-0.15, -0.1) is 0 Å².